The first-order chi connectivity index (χ1) is 14.3. The molecule has 0 bridgehead atoms. The van der Waals surface area contributed by atoms with Crippen molar-refractivity contribution in [1.82, 2.24) is 14.7 Å². The number of nitrogens with zero attached hydrogens (tertiary/aromatic N) is 3. The summed E-state index contributed by atoms with van der Waals surface area (Å²) >= 11 is 0. The van der Waals surface area contributed by atoms with E-state index in [4.69, 9.17) is 9.47 Å². The summed E-state index contributed by atoms with van der Waals surface area (Å²) in [7, 11) is 5.96. The van der Waals surface area contributed by atoms with E-state index in [0.717, 1.165) is 41.2 Å². The minimum atomic E-state index is -0.319. The van der Waals surface area contributed by atoms with Crippen LogP contribution in [0.3, 0.4) is 0 Å². The molecule has 0 fully saturated rings. The van der Waals surface area contributed by atoms with Crippen molar-refractivity contribution in [2.75, 3.05) is 33.9 Å². The largest absolute Gasteiger partial charge is 0.492 e. The van der Waals surface area contributed by atoms with Gasteiger partial charge >= 0.3 is 0 Å². The van der Waals surface area contributed by atoms with Gasteiger partial charge in [-0.05, 0) is 63.3 Å². The first kappa shape index (κ1) is 21.8. The molecular formula is C24H30FN3O2. The van der Waals surface area contributed by atoms with Crippen LogP contribution in [0.4, 0.5) is 4.39 Å². The van der Waals surface area contributed by atoms with Crippen molar-refractivity contribution in [3.63, 3.8) is 0 Å². The first-order valence-electron chi connectivity index (χ1n) is 10.1. The number of rotatable bonds is 9. The van der Waals surface area contributed by atoms with E-state index >= 15 is 0 Å². The first-order valence-corrected chi connectivity index (χ1v) is 10.1. The standard InChI is InChI=1S/C24H30FN3O2/c1-17-22(18(2)28(5)26-17)11-13-30-24-16-20(25)9-10-23(24)19-7-6-8-21(15-19)29-14-12-27(3)4/h6-10,15-16H,11-14H2,1-5H3. The van der Waals surface area contributed by atoms with Crippen molar-refractivity contribution in [1.29, 1.82) is 0 Å². The molecule has 0 atom stereocenters. The van der Waals surface area contributed by atoms with Crippen LogP contribution in [0.15, 0.2) is 42.5 Å². The zero-order valence-electron chi connectivity index (χ0n) is 18.4. The van der Waals surface area contributed by atoms with E-state index in [2.05, 4.69) is 10.00 Å². The van der Waals surface area contributed by atoms with Crippen LogP contribution in [0.1, 0.15) is 17.0 Å². The van der Waals surface area contributed by atoms with Gasteiger partial charge in [0.05, 0.1) is 12.3 Å². The summed E-state index contributed by atoms with van der Waals surface area (Å²) in [5.74, 6) is 0.992. The minimum absolute atomic E-state index is 0.319. The van der Waals surface area contributed by atoms with Crippen molar-refractivity contribution in [3.8, 4) is 22.6 Å². The monoisotopic (exact) mass is 411 g/mol. The summed E-state index contributed by atoms with van der Waals surface area (Å²) in [4.78, 5) is 2.07. The maximum atomic E-state index is 13.9. The third-order valence-corrected chi connectivity index (χ3v) is 5.16. The molecule has 1 heterocycles. The molecule has 3 rings (SSSR count). The Bertz CT molecular complexity index is 998. The third-order valence-electron chi connectivity index (χ3n) is 5.16. The van der Waals surface area contributed by atoms with Crippen molar-refractivity contribution in [3.05, 3.63) is 65.2 Å². The molecule has 0 saturated carbocycles. The van der Waals surface area contributed by atoms with Gasteiger partial charge in [-0.2, -0.15) is 5.10 Å². The average Bonchev–Trinajstić information content (AvgIpc) is 2.94. The van der Waals surface area contributed by atoms with E-state index in [1.165, 1.54) is 17.7 Å². The van der Waals surface area contributed by atoms with Crippen LogP contribution in [0.2, 0.25) is 0 Å². The zero-order chi connectivity index (χ0) is 21.7. The van der Waals surface area contributed by atoms with Gasteiger partial charge in [-0.15, -0.1) is 0 Å². The summed E-state index contributed by atoms with van der Waals surface area (Å²) in [5, 5.41) is 4.44. The quantitative estimate of drug-likeness (QED) is 0.523. The smallest absolute Gasteiger partial charge is 0.130 e. The Morgan fingerprint density at radius 1 is 1.03 bits per heavy atom. The highest BCUT2D eigenvalue weighted by Crippen LogP contribution is 2.33. The van der Waals surface area contributed by atoms with Gasteiger partial charge in [-0.1, -0.05) is 12.1 Å². The van der Waals surface area contributed by atoms with E-state index in [1.807, 2.05) is 63.9 Å². The van der Waals surface area contributed by atoms with Crippen molar-refractivity contribution in [2.45, 2.75) is 20.3 Å². The maximum absolute atomic E-state index is 13.9. The Balaban J connectivity index is 1.75. The van der Waals surface area contributed by atoms with Crippen molar-refractivity contribution < 1.29 is 13.9 Å². The number of aryl methyl sites for hydroxylation is 2. The number of benzene rings is 2. The Morgan fingerprint density at radius 2 is 1.83 bits per heavy atom. The fourth-order valence-corrected chi connectivity index (χ4v) is 3.40. The molecule has 0 saturated heterocycles. The van der Waals surface area contributed by atoms with Crippen molar-refractivity contribution in [2.24, 2.45) is 7.05 Å². The van der Waals surface area contributed by atoms with E-state index in [9.17, 15) is 4.39 Å². The molecule has 0 aliphatic heterocycles. The fraction of sp³-hybridized carbons (Fsp3) is 0.375. The Kier molecular flexibility index (Phi) is 7.11. The molecule has 2 aromatic carbocycles. The number of ether oxygens (including phenoxy) is 2. The maximum Gasteiger partial charge on any atom is 0.130 e. The van der Waals surface area contributed by atoms with Crippen LogP contribution in [0.5, 0.6) is 11.5 Å². The molecule has 3 aromatic rings. The van der Waals surface area contributed by atoms with Gasteiger partial charge < -0.3 is 14.4 Å². The number of hydrogen-bond acceptors (Lipinski definition) is 4. The van der Waals surface area contributed by atoms with E-state index in [1.54, 1.807) is 6.07 Å². The molecular weight excluding hydrogens is 381 g/mol. The Hall–Kier alpha value is -2.86. The molecule has 0 spiro atoms. The summed E-state index contributed by atoms with van der Waals surface area (Å²) in [6.45, 7) is 5.93. The van der Waals surface area contributed by atoms with E-state index in [-0.39, 0.29) is 5.82 Å². The lowest BCUT2D eigenvalue weighted by atomic mass is 10.0. The normalized spacial score (nSPS) is 11.2. The molecule has 0 radical (unpaired) electrons. The summed E-state index contributed by atoms with van der Waals surface area (Å²) in [6.07, 6.45) is 0.717. The second-order valence-corrected chi connectivity index (χ2v) is 7.69. The Morgan fingerprint density at radius 3 is 2.53 bits per heavy atom. The predicted molar refractivity (Wildman–Crippen MR) is 118 cm³/mol. The molecule has 6 heteroatoms. The lowest BCUT2D eigenvalue weighted by Gasteiger charge is -2.14. The molecule has 30 heavy (non-hydrogen) atoms. The second-order valence-electron chi connectivity index (χ2n) is 7.69. The zero-order valence-corrected chi connectivity index (χ0v) is 18.4. The number of hydrogen-bond donors (Lipinski definition) is 0. The fourth-order valence-electron chi connectivity index (χ4n) is 3.40. The third kappa shape index (κ3) is 5.39. The van der Waals surface area contributed by atoms with Gasteiger partial charge in [-0.25, -0.2) is 4.39 Å². The second kappa shape index (κ2) is 9.76. The van der Waals surface area contributed by atoms with Gasteiger partial charge in [0.2, 0.25) is 0 Å². The number of likely N-dealkylation sites (N-methyl/N-ethyl adjacent to an activating group) is 1. The molecule has 0 N–H and O–H groups in total. The highest BCUT2D eigenvalue weighted by molar-refractivity contribution is 5.71. The van der Waals surface area contributed by atoms with Crippen LogP contribution in [-0.4, -0.2) is 48.5 Å². The van der Waals surface area contributed by atoms with Crippen LogP contribution in [-0.2, 0) is 13.5 Å². The minimum Gasteiger partial charge on any atom is -0.492 e. The topological polar surface area (TPSA) is 39.5 Å². The van der Waals surface area contributed by atoms with Crippen LogP contribution in [0.25, 0.3) is 11.1 Å². The van der Waals surface area contributed by atoms with Gasteiger partial charge in [0.25, 0.3) is 0 Å². The van der Waals surface area contributed by atoms with Gasteiger partial charge in [0.1, 0.15) is 23.9 Å². The molecule has 1 aromatic heterocycles. The SMILES string of the molecule is Cc1nn(C)c(C)c1CCOc1cc(F)ccc1-c1cccc(OCCN(C)C)c1. The summed E-state index contributed by atoms with van der Waals surface area (Å²) in [6, 6.07) is 12.5. The lowest BCUT2D eigenvalue weighted by Crippen LogP contribution is -2.19. The van der Waals surface area contributed by atoms with E-state index in [0.29, 0.717) is 19.0 Å². The molecule has 0 amide bonds. The molecule has 0 aliphatic rings. The van der Waals surface area contributed by atoms with Crippen LogP contribution < -0.4 is 9.47 Å². The Labute approximate surface area is 178 Å². The van der Waals surface area contributed by atoms with Crippen LogP contribution in [0, 0.1) is 19.7 Å². The number of halogens is 1. The van der Waals surface area contributed by atoms with E-state index < -0.39 is 0 Å². The van der Waals surface area contributed by atoms with Gasteiger partial charge in [0.15, 0.2) is 0 Å². The average molecular weight is 412 g/mol. The number of aromatic nitrogens is 2. The molecule has 160 valence electrons. The highest BCUT2D eigenvalue weighted by atomic mass is 19.1. The summed E-state index contributed by atoms with van der Waals surface area (Å²) in [5.41, 5.74) is 5.07. The van der Waals surface area contributed by atoms with Crippen LogP contribution >= 0.6 is 0 Å². The molecule has 0 aliphatic carbocycles. The lowest BCUT2D eigenvalue weighted by molar-refractivity contribution is 0.261. The van der Waals surface area contributed by atoms with Gasteiger partial charge in [0, 0.05) is 37.3 Å². The highest BCUT2D eigenvalue weighted by Gasteiger charge is 2.12. The predicted octanol–water partition coefficient (Wildman–Crippen LogP) is 4.40. The molecule has 0 unspecified atom stereocenters. The van der Waals surface area contributed by atoms with Crippen molar-refractivity contribution >= 4 is 0 Å². The summed E-state index contributed by atoms with van der Waals surface area (Å²) < 4.78 is 27.7. The molecule has 5 nitrogen and oxygen atoms in total. The van der Waals surface area contributed by atoms with Gasteiger partial charge in [-0.3, -0.25) is 4.68 Å².